The Bertz CT molecular complexity index is 516. The van der Waals surface area contributed by atoms with Gasteiger partial charge in [0.2, 0.25) is 5.91 Å². The van der Waals surface area contributed by atoms with Crippen LogP contribution in [0.1, 0.15) is 24.2 Å². The van der Waals surface area contributed by atoms with Crippen LogP contribution in [-0.2, 0) is 4.79 Å². The molecule has 0 N–H and O–H groups in total. The Balaban J connectivity index is 2.79. The van der Waals surface area contributed by atoms with Gasteiger partial charge >= 0.3 is 0 Å². The molecule has 0 atom stereocenters. The molecule has 0 radical (unpaired) electrons. The van der Waals surface area contributed by atoms with E-state index in [1.165, 1.54) is 31.2 Å². The number of carbonyl (C=O) groups is 2. The van der Waals surface area contributed by atoms with Crippen molar-refractivity contribution in [1.82, 2.24) is 9.80 Å². The molecule has 116 valence electrons. The zero-order valence-electron chi connectivity index (χ0n) is 12.9. The second kappa shape index (κ2) is 7.61. The van der Waals surface area contributed by atoms with Gasteiger partial charge in [-0.1, -0.05) is 0 Å². The molecule has 0 unspecified atom stereocenters. The number of rotatable bonds is 6. The lowest BCUT2D eigenvalue weighted by Gasteiger charge is -2.23. The zero-order valence-corrected chi connectivity index (χ0v) is 12.9. The summed E-state index contributed by atoms with van der Waals surface area (Å²) >= 11 is 0. The lowest BCUT2D eigenvalue weighted by Crippen LogP contribution is -2.41. The predicted molar refractivity (Wildman–Crippen MR) is 77.8 cm³/mol. The van der Waals surface area contributed by atoms with Crippen molar-refractivity contribution >= 4 is 11.8 Å². The van der Waals surface area contributed by atoms with Gasteiger partial charge in [0.15, 0.2) is 11.6 Å². The topological polar surface area (TPSA) is 49.9 Å². The Morgan fingerprint density at radius 2 is 1.86 bits per heavy atom. The summed E-state index contributed by atoms with van der Waals surface area (Å²) in [4.78, 5) is 27.1. The van der Waals surface area contributed by atoms with E-state index in [0.717, 1.165) is 6.07 Å². The quantitative estimate of drug-likeness (QED) is 0.804. The molecule has 0 spiro atoms. The fourth-order valence-electron chi connectivity index (χ4n) is 1.97. The summed E-state index contributed by atoms with van der Waals surface area (Å²) in [6.45, 7) is 4.90. The van der Waals surface area contributed by atoms with Gasteiger partial charge in [0.05, 0.1) is 13.7 Å². The third-order valence-electron chi connectivity index (χ3n) is 3.23. The predicted octanol–water partition coefficient (Wildman–Crippen LogP) is 1.77. The normalized spacial score (nSPS) is 10.1. The van der Waals surface area contributed by atoms with Crippen molar-refractivity contribution in [2.45, 2.75) is 13.8 Å². The van der Waals surface area contributed by atoms with Crippen molar-refractivity contribution in [3.05, 3.63) is 29.6 Å². The molecule has 1 rings (SSSR count). The zero-order chi connectivity index (χ0) is 16.0. The van der Waals surface area contributed by atoms with Crippen molar-refractivity contribution in [3.63, 3.8) is 0 Å². The van der Waals surface area contributed by atoms with Crippen LogP contribution in [-0.4, -0.2) is 55.4 Å². The van der Waals surface area contributed by atoms with Crippen molar-refractivity contribution in [1.29, 1.82) is 0 Å². The number of amides is 2. The number of ether oxygens (including phenoxy) is 1. The number of carbonyl (C=O) groups excluding carboxylic acids is 2. The molecule has 6 heteroatoms. The summed E-state index contributed by atoms with van der Waals surface area (Å²) in [6.07, 6.45) is 0. The van der Waals surface area contributed by atoms with E-state index in [1.807, 2.05) is 13.8 Å². The van der Waals surface area contributed by atoms with Crippen LogP contribution in [0.15, 0.2) is 18.2 Å². The van der Waals surface area contributed by atoms with Gasteiger partial charge in [-0.15, -0.1) is 0 Å². The molecular formula is C15H21FN2O3. The standard InChI is InChI=1S/C15H21FN2O3/c1-5-18(6-2)14(19)10-17(3)15(20)11-7-8-13(21-4)12(16)9-11/h7-9H,5-6,10H2,1-4H3. The van der Waals surface area contributed by atoms with Crippen LogP contribution in [0.5, 0.6) is 5.75 Å². The third-order valence-corrected chi connectivity index (χ3v) is 3.23. The lowest BCUT2D eigenvalue weighted by atomic mass is 10.2. The first-order valence-electron chi connectivity index (χ1n) is 6.81. The summed E-state index contributed by atoms with van der Waals surface area (Å²) in [5, 5.41) is 0. The Hall–Kier alpha value is -2.11. The number of benzene rings is 1. The Morgan fingerprint density at radius 3 is 2.33 bits per heavy atom. The first kappa shape index (κ1) is 16.9. The molecule has 21 heavy (non-hydrogen) atoms. The van der Waals surface area contributed by atoms with Crippen LogP contribution < -0.4 is 4.74 Å². The molecule has 0 heterocycles. The first-order valence-corrected chi connectivity index (χ1v) is 6.81. The fraction of sp³-hybridized carbons (Fsp3) is 0.467. The summed E-state index contributed by atoms with van der Waals surface area (Å²) in [6, 6.07) is 3.98. The molecule has 5 nitrogen and oxygen atoms in total. The molecule has 0 aliphatic heterocycles. The molecular weight excluding hydrogens is 275 g/mol. The maximum absolute atomic E-state index is 13.6. The third kappa shape index (κ3) is 4.18. The summed E-state index contributed by atoms with van der Waals surface area (Å²) in [5.41, 5.74) is 0.183. The van der Waals surface area contributed by atoms with Crippen LogP contribution in [0.3, 0.4) is 0 Å². The van der Waals surface area contributed by atoms with Gasteiger partial charge in [0.25, 0.3) is 5.91 Å². The van der Waals surface area contributed by atoms with Crippen molar-refractivity contribution in [3.8, 4) is 5.75 Å². The molecule has 1 aromatic rings. The van der Waals surface area contributed by atoms with Crippen LogP contribution in [0, 0.1) is 5.82 Å². The van der Waals surface area contributed by atoms with E-state index in [-0.39, 0.29) is 23.8 Å². The Morgan fingerprint density at radius 1 is 1.24 bits per heavy atom. The van der Waals surface area contributed by atoms with E-state index in [0.29, 0.717) is 13.1 Å². The Labute approximate surface area is 124 Å². The summed E-state index contributed by atoms with van der Waals surface area (Å²) in [5.74, 6) is -1.07. The van der Waals surface area contributed by atoms with Gasteiger partial charge in [-0.3, -0.25) is 9.59 Å². The second-order valence-electron chi connectivity index (χ2n) is 4.58. The number of hydrogen-bond acceptors (Lipinski definition) is 3. The molecule has 0 saturated heterocycles. The average molecular weight is 296 g/mol. The van der Waals surface area contributed by atoms with Crippen LogP contribution in [0.25, 0.3) is 0 Å². The number of halogens is 1. The summed E-state index contributed by atoms with van der Waals surface area (Å²) in [7, 11) is 2.88. The van der Waals surface area contributed by atoms with Gasteiger partial charge in [-0.25, -0.2) is 4.39 Å². The molecule has 0 aliphatic carbocycles. The van der Waals surface area contributed by atoms with Gasteiger partial charge in [-0.05, 0) is 32.0 Å². The number of methoxy groups -OCH3 is 1. The highest BCUT2D eigenvalue weighted by Gasteiger charge is 2.18. The van der Waals surface area contributed by atoms with E-state index in [4.69, 9.17) is 4.74 Å². The van der Waals surface area contributed by atoms with Gasteiger partial charge in [0.1, 0.15) is 0 Å². The van der Waals surface area contributed by atoms with Crippen LogP contribution >= 0.6 is 0 Å². The number of nitrogens with zero attached hydrogens (tertiary/aromatic N) is 2. The molecule has 0 fully saturated rings. The highest BCUT2D eigenvalue weighted by Crippen LogP contribution is 2.18. The molecule has 0 aromatic heterocycles. The SMILES string of the molecule is CCN(CC)C(=O)CN(C)C(=O)c1ccc(OC)c(F)c1. The maximum atomic E-state index is 13.6. The summed E-state index contributed by atoms with van der Waals surface area (Å²) < 4.78 is 18.4. The van der Waals surface area contributed by atoms with E-state index >= 15 is 0 Å². The molecule has 0 saturated carbocycles. The number of likely N-dealkylation sites (N-methyl/N-ethyl adjacent to an activating group) is 2. The van der Waals surface area contributed by atoms with Crippen LogP contribution in [0.2, 0.25) is 0 Å². The second-order valence-corrected chi connectivity index (χ2v) is 4.58. The fourth-order valence-corrected chi connectivity index (χ4v) is 1.97. The molecule has 2 amide bonds. The van der Waals surface area contributed by atoms with Gasteiger partial charge in [-0.2, -0.15) is 0 Å². The first-order chi connectivity index (χ1) is 9.94. The monoisotopic (exact) mass is 296 g/mol. The highest BCUT2D eigenvalue weighted by atomic mass is 19.1. The van der Waals surface area contributed by atoms with E-state index in [9.17, 15) is 14.0 Å². The minimum atomic E-state index is -0.605. The minimum absolute atomic E-state index is 0.0336. The maximum Gasteiger partial charge on any atom is 0.254 e. The molecule has 1 aromatic carbocycles. The van der Waals surface area contributed by atoms with Crippen molar-refractivity contribution in [2.24, 2.45) is 0 Å². The molecule has 0 aliphatic rings. The highest BCUT2D eigenvalue weighted by molar-refractivity contribution is 5.96. The van der Waals surface area contributed by atoms with E-state index < -0.39 is 11.7 Å². The largest absolute Gasteiger partial charge is 0.494 e. The lowest BCUT2D eigenvalue weighted by molar-refractivity contribution is -0.131. The van der Waals surface area contributed by atoms with Gasteiger partial charge < -0.3 is 14.5 Å². The van der Waals surface area contributed by atoms with Crippen molar-refractivity contribution in [2.75, 3.05) is 33.8 Å². The molecule has 0 bridgehead atoms. The minimum Gasteiger partial charge on any atom is -0.494 e. The smallest absolute Gasteiger partial charge is 0.254 e. The average Bonchev–Trinajstić information content (AvgIpc) is 2.47. The Kier molecular flexibility index (Phi) is 6.14. The van der Waals surface area contributed by atoms with Crippen LogP contribution in [0.4, 0.5) is 4.39 Å². The number of hydrogen-bond donors (Lipinski definition) is 0. The van der Waals surface area contributed by atoms with Gasteiger partial charge in [0, 0.05) is 25.7 Å². The van der Waals surface area contributed by atoms with E-state index in [1.54, 1.807) is 4.90 Å². The van der Waals surface area contributed by atoms with Crippen molar-refractivity contribution < 1.29 is 18.7 Å². The van der Waals surface area contributed by atoms with E-state index in [2.05, 4.69) is 0 Å².